The maximum atomic E-state index is 11.3. The molecule has 0 fully saturated rings. The number of fused-ring (bicyclic) bond motifs is 3. The number of hydrogen-bond donors (Lipinski definition) is 1. The smallest absolute Gasteiger partial charge is 0.213 e. The lowest BCUT2D eigenvalue weighted by atomic mass is 9.99. The molecule has 1 N–H and O–H groups in total. The van der Waals surface area contributed by atoms with E-state index < -0.39 is 5.79 Å². The van der Waals surface area contributed by atoms with Gasteiger partial charge < -0.3 is 14.4 Å². The number of rotatable bonds is 1. The zero-order chi connectivity index (χ0) is 17.2. The third-order valence-corrected chi connectivity index (χ3v) is 5.40. The quantitative estimate of drug-likeness (QED) is 0.743. The average molecular weight is 335 g/mol. The van der Waals surface area contributed by atoms with Crippen molar-refractivity contribution in [3.8, 4) is 0 Å². The van der Waals surface area contributed by atoms with Crippen LogP contribution in [0.3, 0.4) is 0 Å². The summed E-state index contributed by atoms with van der Waals surface area (Å²) in [4.78, 5) is 6.42. The van der Waals surface area contributed by atoms with E-state index in [9.17, 15) is 5.11 Å². The van der Waals surface area contributed by atoms with Gasteiger partial charge in [0.15, 0.2) is 0 Å². The topological polar surface area (TPSA) is 50.5 Å². The van der Waals surface area contributed by atoms with Crippen LogP contribution in [0.2, 0.25) is 0 Å². The number of hydrogen-bond acceptors (Lipinski definition) is 4. The van der Waals surface area contributed by atoms with Crippen LogP contribution in [0, 0.1) is 6.92 Å². The molecule has 2 aliphatic heterocycles. The normalized spacial score (nSPS) is 26.0. The number of aromatic nitrogens is 2. The summed E-state index contributed by atoms with van der Waals surface area (Å²) < 4.78 is 8.50. The van der Waals surface area contributed by atoms with Crippen molar-refractivity contribution in [3.05, 3.63) is 65.1 Å². The van der Waals surface area contributed by atoms with Gasteiger partial charge in [0, 0.05) is 41.9 Å². The predicted octanol–water partition coefficient (Wildman–Crippen LogP) is 2.71. The average Bonchev–Trinajstić information content (AvgIpc) is 2.89. The molecule has 2 atom stereocenters. The van der Waals surface area contributed by atoms with Gasteiger partial charge in [0.05, 0.1) is 12.2 Å². The number of pyridine rings is 1. The van der Waals surface area contributed by atoms with Crippen molar-refractivity contribution >= 4 is 10.9 Å². The van der Waals surface area contributed by atoms with E-state index in [4.69, 9.17) is 4.74 Å². The Hall–Kier alpha value is -2.21. The summed E-state index contributed by atoms with van der Waals surface area (Å²) in [6.45, 7) is 4.18. The van der Waals surface area contributed by atoms with E-state index >= 15 is 0 Å². The molecule has 0 bridgehead atoms. The Morgan fingerprint density at radius 1 is 1.32 bits per heavy atom. The first-order chi connectivity index (χ1) is 12.0. The largest absolute Gasteiger partial charge is 0.360 e. The molecule has 0 saturated heterocycles. The van der Waals surface area contributed by atoms with Gasteiger partial charge in [-0.1, -0.05) is 17.7 Å². The summed E-state index contributed by atoms with van der Waals surface area (Å²) in [5.74, 6) is -1.36. The number of aryl methyl sites for hydroxylation is 1. The lowest BCUT2D eigenvalue weighted by Gasteiger charge is -2.42. The molecule has 1 aromatic carbocycles. The van der Waals surface area contributed by atoms with Crippen LogP contribution in [0.15, 0.2) is 42.7 Å². The second-order valence-corrected chi connectivity index (χ2v) is 7.30. The first kappa shape index (κ1) is 15.1. The first-order valence-electron chi connectivity index (χ1n) is 8.66. The molecular weight excluding hydrogens is 314 g/mol. The molecule has 2 aliphatic rings. The Morgan fingerprint density at radius 3 is 3.00 bits per heavy atom. The highest BCUT2D eigenvalue weighted by molar-refractivity contribution is 5.87. The highest BCUT2D eigenvalue weighted by atomic mass is 16.6. The Balaban J connectivity index is 1.75. The number of likely N-dealkylation sites (N-methyl/N-ethyl adjacent to an activating group) is 1. The van der Waals surface area contributed by atoms with Gasteiger partial charge in [0.2, 0.25) is 5.79 Å². The van der Waals surface area contributed by atoms with Crippen LogP contribution < -0.4 is 0 Å². The lowest BCUT2D eigenvalue weighted by molar-refractivity contribution is -0.267. The van der Waals surface area contributed by atoms with E-state index in [0.717, 1.165) is 13.1 Å². The minimum atomic E-state index is -1.36. The summed E-state index contributed by atoms with van der Waals surface area (Å²) in [7, 11) is 2.10. The van der Waals surface area contributed by atoms with Crippen molar-refractivity contribution < 1.29 is 9.84 Å². The van der Waals surface area contributed by atoms with E-state index in [1.165, 1.54) is 27.7 Å². The van der Waals surface area contributed by atoms with Crippen molar-refractivity contribution in [1.82, 2.24) is 14.5 Å². The van der Waals surface area contributed by atoms with Gasteiger partial charge >= 0.3 is 0 Å². The van der Waals surface area contributed by atoms with Crippen LogP contribution in [-0.2, 0) is 23.6 Å². The summed E-state index contributed by atoms with van der Waals surface area (Å²) in [6, 6.07) is 10.3. The number of ether oxygens (including phenoxy) is 1. The van der Waals surface area contributed by atoms with E-state index in [-0.39, 0.29) is 6.10 Å². The Bertz CT molecular complexity index is 966. The third kappa shape index (κ3) is 2.16. The molecule has 2 unspecified atom stereocenters. The summed E-state index contributed by atoms with van der Waals surface area (Å²) in [5, 5.41) is 12.6. The molecule has 0 aliphatic carbocycles. The van der Waals surface area contributed by atoms with E-state index in [2.05, 4.69) is 46.6 Å². The third-order valence-electron chi connectivity index (χ3n) is 5.40. The Kier molecular flexibility index (Phi) is 3.10. The van der Waals surface area contributed by atoms with Crippen molar-refractivity contribution in [2.75, 3.05) is 13.6 Å². The van der Waals surface area contributed by atoms with Crippen molar-refractivity contribution in [3.63, 3.8) is 0 Å². The fraction of sp³-hybridized carbons (Fsp3) is 0.350. The second kappa shape index (κ2) is 5.14. The van der Waals surface area contributed by atoms with Crippen LogP contribution in [-0.4, -0.2) is 33.1 Å². The molecule has 0 amide bonds. The highest BCUT2D eigenvalue weighted by Gasteiger charge is 2.44. The second-order valence-electron chi connectivity index (χ2n) is 7.30. The van der Waals surface area contributed by atoms with Crippen LogP contribution in [0.1, 0.15) is 28.5 Å². The van der Waals surface area contributed by atoms with Crippen LogP contribution in [0.4, 0.5) is 0 Å². The minimum absolute atomic E-state index is 0.152. The van der Waals surface area contributed by atoms with Gasteiger partial charge in [0.1, 0.15) is 6.10 Å². The minimum Gasteiger partial charge on any atom is -0.360 e. The molecule has 128 valence electrons. The number of benzene rings is 1. The fourth-order valence-corrected chi connectivity index (χ4v) is 4.30. The molecule has 5 rings (SSSR count). The molecule has 0 spiro atoms. The number of nitrogens with zero attached hydrogens (tertiary/aromatic N) is 3. The lowest BCUT2D eigenvalue weighted by Crippen LogP contribution is -2.45. The maximum Gasteiger partial charge on any atom is 0.213 e. The predicted molar refractivity (Wildman–Crippen MR) is 95.0 cm³/mol. The molecular formula is C20H21N3O2. The van der Waals surface area contributed by atoms with Crippen molar-refractivity contribution in [2.24, 2.45) is 0 Å². The van der Waals surface area contributed by atoms with E-state index in [1.807, 2.05) is 12.1 Å². The fourth-order valence-electron chi connectivity index (χ4n) is 4.30. The molecule has 5 nitrogen and oxygen atoms in total. The molecule has 0 saturated carbocycles. The summed E-state index contributed by atoms with van der Waals surface area (Å²) >= 11 is 0. The zero-order valence-electron chi connectivity index (χ0n) is 14.4. The van der Waals surface area contributed by atoms with Crippen molar-refractivity contribution in [1.29, 1.82) is 0 Å². The van der Waals surface area contributed by atoms with E-state index in [1.54, 1.807) is 12.4 Å². The summed E-state index contributed by atoms with van der Waals surface area (Å²) in [5.41, 5.74) is 5.66. The highest BCUT2D eigenvalue weighted by Crippen LogP contribution is 2.45. The maximum absolute atomic E-state index is 11.3. The van der Waals surface area contributed by atoms with Crippen molar-refractivity contribution in [2.45, 2.75) is 31.9 Å². The standard InChI is InChI=1S/C20H21N3O2/c1-13-5-6-17-15(8-13)16-10-22(2)11-18-19(16)23(17)12-20(24,25-18)14-4-3-7-21-9-14/h3-9,18,24H,10-12H2,1-2H3. The summed E-state index contributed by atoms with van der Waals surface area (Å²) in [6.07, 6.45) is 3.25. The van der Waals surface area contributed by atoms with E-state index in [0.29, 0.717) is 12.1 Å². The number of aliphatic hydroxyl groups is 1. The molecule has 2 aromatic heterocycles. The van der Waals surface area contributed by atoms with Gasteiger partial charge in [-0.3, -0.25) is 9.88 Å². The van der Waals surface area contributed by atoms with Gasteiger partial charge in [0.25, 0.3) is 0 Å². The molecule has 25 heavy (non-hydrogen) atoms. The molecule has 5 heteroatoms. The van der Waals surface area contributed by atoms with Gasteiger partial charge in [-0.25, -0.2) is 0 Å². The SMILES string of the molecule is Cc1ccc2c(c1)c1c3n2CC(O)(c2cccnc2)OC3CN(C)C1. The van der Waals surface area contributed by atoms with Gasteiger partial charge in [-0.05, 0) is 37.7 Å². The zero-order valence-corrected chi connectivity index (χ0v) is 14.4. The molecule has 3 aromatic rings. The molecule has 4 heterocycles. The van der Waals surface area contributed by atoms with Gasteiger partial charge in [-0.2, -0.15) is 0 Å². The molecule has 0 radical (unpaired) electrons. The van der Waals surface area contributed by atoms with Crippen LogP contribution >= 0.6 is 0 Å². The Labute approximate surface area is 146 Å². The first-order valence-corrected chi connectivity index (χ1v) is 8.66. The van der Waals surface area contributed by atoms with Crippen LogP contribution in [0.25, 0.3) is 10.9 Å². The monoisotopic (exact) mass is 335 g/mol. The van der Waals surface area contributed by atoms with Gasteiger partial charge in [-0.15, -0.1) is 0 Å². The van der Waals surface area contributed by atoms with Crippen LogP contribution in [0.5, 0.6) is 0 Å². The Morgan fingerprint density at radius 2 is 2.20 bits per heavy atom.